The van der Waals surface area contributed by atoms with Crippen LogP contribution < -0.4 is 0 Å². The number of carbonyl (C=O) groups is 2. The van der Waals surface area contributed by atoms with Crippen molar-refractivity contribution in [3.8, 4) is 0 Å². The van der Waals surface area contributed by atoms with E-state index in [0.717, 1.165) is 51.4 Å². The van der Waals surface area contributed by atoms with Crippen LogP contribution in [0, 0.1) is 80.8 Å². The summed E-state index contributed by atoms with van der Waals surface area (Å²) in [4.78, 5) is 26.2. The molecule has 0 spiro atoms. The summed E-state index contributed by atoms with van der Waals surface area (Å²) >= 11 is 0. The fraction of sp³-hybridized carbons (Fsp3) is 0.850. The molecular formula is C40H60O4. The van der Waals surface area contributed by atoms with Gasteiger partial charge in [0.15, 0.2) is 0 Å². The molecule has 0 radical (unpaired) electrons. The van der Waals surface area contributed by atoms with Crippen molar-refractivity contribution in [1.29, 1.82) is 0 Å². The first-order chi connectivity index (χ1) is 20.6. The first-order valence-electron chi connectivity index (χ1n) is 18.5. The summed E-state index contributed by atoms with van der Waals surface area (Å²) in [6.45, 7) is 18.9. The van der Waals surface area contributed by atoms with Crippen molar-refractivity contribution in [3.05, 3.63) is 22.3 Å². The van der Waals surface area contributed by atoms with Crippen molar-refractivity contribution in [3.63, 3.8) is 0 Å². The predicted molar refractivity (Wildman–Crippen MR) is 175 cm³/mol. The summed E-state index contributed by atoms with van der Waals surface area (Å²) in [5, 5.41) is 21.5. The second-order valence-corrected chi connectivity index (χ2v) is 18.7. The third-order valence-corrected chi connectivity index (χ3v) is 16.4. The highest BCUT2D eigenvalue weighted by molar-refractivity contribution is 5.76. The van der Waals surface area contributed by atoms with E-state index < -0.39 is 22.8 Å². The van der Waals surface area contributed by atoms with Gasteiger partial charge in [-0.25, -0.2) is 0 Å². The van der Waals surface area contributed by atoms with E-state index in [9.17, 15) is 19.8 Å². The minimum absolute atomic E-state index is 0.0213. The Bertz CT molecular complexity index is 1220. The molecule has 0 aromatic heterocycles. The topological polar surface area (TPSA) is 74.6 Å². The monoisotopic (exact) mass is 604 g/mol. The molecule has 44 heavy (non-hydrogen) atoms. The van der Waals surface area contributed by atoms with Crippen LogP contribution in [0.5, 0.6) is 0 Å². The van der Waals surface area contributed by atoms with E-state index in [1.165, 1.54) is 25.7 Å². The maximum absolute atomic E-state index is 13.1. The first-order valence-corrected chi connectivity index (χ1v) is 18.5. The molecule has 2 N–H and O–H groups in total. The Morgan fingerprint density at radius 1 is 0.614 bits per heavy atom. The standard InChI is InChI=1S/C40H60O4/c1-21(2)23-11-13-27-33-26(20-30-37(27,5)15-9-18-40(30,8)36(43)44)32-24(22(3)4)12-14-28-34(32)25(31(23)33)19-29-38(28,6)16-10-17-39(29,7)35(41)42/h21-24,27-32H,9-20H2,1-8H3,(H,41,42)(H,43,44). The Morgan fingerprint density at radius 3 is 1.30 bits per heavy atom. The van der Waals surface area contributed by atoms with Crippen molar-refractivity contribution in [2.45, 2.75) is 132 Å². The van der Waals surface area contributed by atoms with Crippen LogP contribution in [0.4, 0.5) is 0 Å². The molecule has 4 saturated carbocycles. The van der Waals surface area contributed by atoms with Crippen LogP contribution in [-0.4, -0.2) is 22.2 Å². The van der Waals surface area contributed by atoms with Crippen LogP contribution in [0.2, 0.25) is 0 Å². The molecule has 12 unspecified atom stereocenters. The van der Waals surface area contributed by atoms with Gasteiger partial charge in [-0.3, -0.25) is 9.59 Å². The van der Waals surface area contributed by atoms with Gasteiger partial charge in [0.2, 0.25) is 0 Å². The molecule has 7 rings (SSSR count). The molecular weight excluding hydrogens is 544 g/mol. The lowest BCUT2D eigenvalue weighted by Crippen LogP contribution is -2.60. The van der Waals surface area contributed by atoms with Crippen molar-refractivity contribution in [1.82, 2.24) is 0 Å². The maximum Gasteiger partial charge on any atom is 0.309 e. The Morgan fingerprint density at radius 2 is 0.977 bits per heavy atom. The van der Waals surface area contributed by atoms with Gasteiger partial charge in [0.05, 0.1) is 10.8 Å². The van der Waals surface area contributed by atoms with Crippen molar-refractivity contribution < 1.29 is 19.8 Å². The third kappa shape index (κ3) is 3.81. The number of aliphatic carboxylic acids is 2. The largest absolute Gasteiger partial charge is 0.481 e. The van der Waals surface area contributed by atoms with Crippen LogP contribution in [-0.2, 0) is 9.59 Å². The molecule has 4 heteroatoms. The highest BCUT2D eigenvalue weighted by Crippen LogP contribution is 2.74. The highest BCUT2D eigenvalue weighted by Gasteiger charge is 2.67. The molecule has 4 fully saturated rings. The van der Waals surface area contributed by atoms with Gasteiger partial charge >= 0.3 is 11.9 Å². The van der Waals surface area contributed by atoms with Crippen LogP contribution in [0.25, 0.3) is 0 Å². The van der Waals surface area contributed by atoms with Gasteiger partial charge in [-0.05, 0) is 136 Å². The van der Waals surface area contributed by atoms with Gasteiger partial charge in [-0.1, -0.05) is 76.7 Å². The van der Waals surface area contributed by atoms with Gasteiger partial charge in [-0.2, -0.15) is 0 Å². The number of allylic oxidation sites excluding steroid dienone is 4. The molecule has 0 heterocycles. The minimum atomic E-state index is -0.664. The lowest BCUT2D eigenvalue weighted by molar-refractivity contribution is -0.166. The normalized spacial score (nSPS) is 49.7. The van der Waals surface area contributed by atoms with Crippen molar-refractivity contribution >= 4 is 11.9 Å². The van der Waals surface area contributed by atoms with Gasteiger partial charge < -0.3 is 10.2 Å². The van der Waals surface area contributed by atoms with Gasteiger partial charge in [0.25, 0.3) is 0 Å². The highest BCUT2D eigenvalue weighted by atomic mass is 16.4. The number of fused-ring (bicyclic) bond motifs is 6. The van der Waals surface area contributed by atoms with Crippen molar-refractivity contribution in [2.75, 3.05) is 0 Å². The third-order valence-electron chi connectivity index (χ3n) is 16.4. The van der Waals surface area contributed by atoms with Crippen LogP contribution >= 0.6 is 0 Å². The van der Waals surface area contributed by atoms with Crippen LogP contribution in [0.1, 0.15) is 132 Å². The molecule has 12 atom stereocenters. The summed E-state index contributed by atoms with van der Waals surface area (Å²) in [5.41, 5.74) is 5.63. The average Bonchev–Trinajstić information content (AvgIpc) is 2.95. The maximum atomic E-state index is 13.1. The van der Waals surface area contributed by atoms with E-state index in [4.69, 9.17) is 0 Å². The van der Waals surface area contributed by atoms with E-state index in [0.29, 0.717) is 47.3 Å². The summed E-state index contributed by atoms with van der Waals surface area (Å²) in [6, 6.07) is 0. The second-order valence-electron chi connectivity index (χ2n) is 18.7. The smallest absolute Gasteiger partial charge is 0.309 e. The van der Waals surface area contributed by atoms with Gasteiger partial charge in [0.1, 0.15) is 0 Å². The lowest BCUT2D eigenvalue weighted by atomic mass is 9.37. The number of hydrogen-bond acceptors (Lipinski definition) is 2. The molecule has 0 amide bonds. The van der Waals surface area contributed by atoms with Gasteiger partial charge in [0, 0.05) is 11.8 Å². The van der Waals surface area contributed by atoms with Crippen LogP contribution in [0.15, 0.2) is 22.3 Å². The van der Waals surface area contributed by atoms with E-state index in [-0.39, 0.29) is 22.7 Å². The van der Waals surface area contributed by atoms with E-state index >= 15 is 0 Å². The molecule has 0 bridgehead atoms. The van der Waals surface area contributed by atoms with E-state index in [1.54, 1.807) is 22.3 Å². The molecule has 4 nitrogen and oxygen atoms in total. The molecule has 244 valence electrons. The summed E-state index contributed by atoms with van der Waals surface area (Å²) in [6.07, 6.45) is 12.7. The predicted octanol–water partition coefficient (Wildman–Crippen LogP) is 9.79. The minimum Gasteiger partial charge on any atom is -0.481 e. The second kappa shape index (κ2) is 9.96. The summed E-state index contributed by atoms with van der Waals surface area (Å²) in [5.74, 6) is 3.36. The average molecular weight is 605 g/mol. The molecule has 0 aliphatic heterocycles. The Labute approximate surface area is 266 Å². The molecule has 7 aliphatic rings. The van der Waals surface area contributed by atoms with Crippen LogP contribution in [0.3, 0.4) is 0 Å². The first kappa shape index (κ1) is 31.0. The number of carboxylic acids is 2. The zero-order valence-electron chi connectivity index (χ0n) is 29.0. The lowest BCUT2D eigenvalue weighted by Gasteiger charge is -2.67. The SMILES string of the molecule is CC(C)C1CCC2C3=C(CC4C(C)(C(=O)O)CCCC24C)C2C4=C(CC5C(C)(C(=O)O)CCCC5(C)C4CCC2C(C)C)C31. The Kier molecular flexibility index (Phi) is 7.03. The van der Waals surface area contributed by atoms with Crippen molar-refractivity contribution in [2.24, 2.45) is 80.8 Å². The zero-order chi connectivity index (χ0) is 31.7. The van der Waals surface area contributed by atoms with E-state index in [2.05, 4.69) is 55.4 Å². The number of hydrogen-bond donors (Lipinski definition) is 2. The molecule has 0 aromatic carbocycles. The Balaban J connectivity index is 1.48. The molecule has 0 saturated heterocycles. The summed E-state index contributed by atoms with van der Waals surface area (Å²) in [7, 11) is 0. The summed E-state index contributed by atoms with van der Waals surface area (Å²) < 4.78 is 0. The quantitative estimate of drug-likeness (QED) is 0.313. The molecule has 7 aliphatic carbocycles. The van der Waals surface area contributed by atoms with E-state index in [1.807, 2.05) is 0 Å². The van der Waals surface area contributed by atoms with Gasteiger partial charge in [-0.15, -0.1) is 0 Å². The number of rotatable bonds is 4. The fourth-order valence-corrected chi connectivity index (χ4v) is 14.2. The Hall–Kier alpha value is -1.58. The number of carboxylic acid groups (broad SMARTS) is 2. The zero-order valence-corrected chi connectivity index (χ0v) is 29.0. The molecule has 0 aromatic rings. The fourth-order valence-electron chi connectivity index (χ4n) is 14.2.